The van der Waals surface area contributed by atoms with Crippen LogP contribution in [0.4, 0.5) is 9.59 Å². The van der Waals surface area contributed by atoms with Gasteiger partial charge in [-0.2, -0.15) is 0 Å². The van der Waals surface area contributed by atoms with Gasteiger partial charge in [0.15, 0.2) is 12.3 Å². The topological polar surface area (TPSA) is 335 Å². The number of hydrogen-bond donors (Lipinski definition) is 2. The Hall–Kier alpha value is -6.47. The number of amides is 4. The maximum Gasteiger partial charge on any atom is 0.336 e. The van der Waals surface area contributed by atoms with Crippen LogP contribution in [0.5, 0.6) is 0 Å². The Morgan fingerprint density at radius 1 is 0.431 bits per heavy atom. The third kappa shape index (κ3) is 11.6. The van der Waals surface area contributed by atoms with Crippen molar-refractivity contribution in [2.24, 2.45) is 0 Å². The van der Waals surface area contributed by atoms with E-state index in [2.05, 4.69) is 4.74 Å². The normalized spacial score (nSPS) is 15.8. The van der Waals surface area contributed by atoms with Crippen molar-refractivity contribution in [3.05, 3.63) is 62.9 Å². The van der Waals surface area contributed by atoms with Crippen LogP contribution in [0.1, 0.15) is 19.3 Å². The zero-order valence-electron chi connectivity index (χ0n) is 36.1. The minimum atomic E-state index is -1.21. The summed E-state index contributed by atoms with van der Waals surface area (Å²) in [5.74, 6) is -2.72. The van der Waals surface area contributed by atoms with E-state index < -0.39 is 168 Å². The van der Waals surface area contributed by atoms with E-state index in [1.807, 2.05) is 0 Å². The van der Waals surface area contributed by atoms with Crippen molar-refractivity contribution < 1.29 is 67.3 Å². The van der Waals surface area contributed by atoms with Gasteiger partial charge in [0.05, 0.1) is 65.8 Å². The van der Waals surface area contributed by atoms with Crippen LogP contribution < -0.4 is 34.1 Å². The van der Waals surface area contributed by atoms with E-state index in [1.165, 1.54) is 40.9 Å². The highest BCUT2D eigenvalue weighted by Gasteiger charge is 2.59. The van der Waals surface area contributed by atoms with E-state index in [4.69, 9.17) is 33.5 Å². The van der Waals surface area contributed by atoms with Crippen LogP contribution in [-0.4, -0.2) is 188 Å². The number of rotatable bonds is 27. The second-order valence-corrected chi connectivity index (χ2v) is 13.9. The van der Waals surface area contributed by atoms with Gasteiger partial charge < -0.3 is 43.4 Å². The molecular formula is C35H52N10O20. The summed E-state index contributed by atoms with van der Waals surface area (Å²) in [6.07, 6.45) is -3.44. The smallest absolute Gasteiger partial charge is 0.336 e. The summed E-state index contributed by atoms with van der Waals surface area (Å²) in [4.78, 5) is 148. The first-order valence-corrected chi connectivity index (χ1v) is 19.8. The number of ether oxygens (including phenoxy) is 7. The molecule has 0 radical (unpaired) electrons. The average molecular weight is 933 g/mol. The van der Waals surface area contributed by atoms with Crippen LogP contribution in [0.15, 0.2) is 28.8 Å². The lowest BCUT2D eigenvalue weighted by Gasteiger charge is -2.28. The molecule has 2 unspecified atom stereocenters. The summed E-state index contributed by atoms with van der Waals surface area (Å²) in [7, 11) is 5.17. The van der Waals surface area contributed by atoms with E-state index in [9.17, 15) is 57.8 Å². The zero-order chi connectivity index (χ0) is 48.0. The van der Waals surface area contributed by atoms with Crippen LogP contribution in [-0.2, 0) is 86.8 Å². The molecule has 30 nitrogen and oxygen atoms in total. The Morgan fingerprint density at radius 3 is 1.14 bits per heavy atom. The predicted octanol–water partition coefficient (Wildman–Crippen LogP) is -6.32. The van der Waals surface area contributed by atoms with Gasteiger partial charge in [0.25, 0.3) is 0 Å². The molecule has 0 bridgehead atoms. The monoisotopic (exact) mass is 932 g/mol. The maximum absolute atomic E-state index is 13.5. The van der Waals surface area contributed by atoms with Gasteiger partial charge in [-0.05, 0) is 0 Å². The predicted molar refractivity (Wildman–Crippen MR) is 213 cm³/mol. The number of aromatic nitrogens is 6. The van der Waals surface area contributed by atoms with Gasteiger partial charge in [0.2, 0.25) is 0 Å². The van der Waals surface area contributed by atoms with E-state index in [0.29, 0.717) is 27.4 Å². The molecule has 4 amide bonds. The highest BCUT2D eigenvalue weighted by Crippen LogP contribution is 2.34. The summed E-state index contributed by atoms with van der Waals surface area (Å²) in [5.41, 5.74) is -6.98. The SMILES string of the molecule is COCN1C(=O)N(COC)C2C1N(COC)C(=O)N2COCCn1c(=O)n(CCO)c(=O)n(CCOC(=O)CCn2c(=O)n(CCC(=O)OC)c(=O)n(CCC(=O)OCCO)c2=O)c1=O. The Labute approximate surface area is 366 Å². The zero-order valence-corrected chi connectivity index (χ0v) is 36.1. The van der Waals surface area contributed by atoms with Crippen LogP contribution in [0, 0.1) is 0 Å². The molecule has 65 heavy (non-hydrogen) atoms. The fourth-order valence-electron chi connectivity index (χ4n) is 6.90. The minimum absolute atomic E-state index is 0.168. The van der Waals surface area contributed by atoms with Crippen molar-refractivity contribution in [3.63, 3.8) is 0 Å². The molecule has 30 heteroatoms. The second-order valence-electron chi connectivity index (χ2n) is 13.9. The van der Waals surface area contributed by atoms with Gasteiger partial charge in [-0.3, -0.25) is 34.0 Å². The third-order valence-corrected chi connectivity index (χ3v) is 9.89. The van der Waals surface area contributed by atoms with Crippen molar-refractivity contribution >= 4 is 30.0 Å². The molecule has 2 saturated heterocycles. The lowest BCUT2D eigenvalue weighted by molar-refractivity contribution is -0.145. The van der Waals surface area contributed by atoms with Gasteiger partial charge in [-0.25, -0.2) is 65.8 Å². The van der Waals surface area contributed by atoms with Crippen LogP contribution in [0.3, 0.4) is 0 Å². The number of hydrogen-bond acceptors (Lipinski definition) is 20. The molecule has 0 aromatic carbocycles. The number of fused-ring (bicyclic) bond motifs is 1. The Kier molecular flexibility index (Phi) is 18.9. The summed E-state index contributed by atoms with van der Waals surface area (Å²) in [6.45, 7) is -6.96. The standard InChI is InChI=1S/C35H52N10O20/c1-59-19-42-26-27(44(21-61-3)34(42)57)45(35(58)43(26)20-60-2)22-63-16-12-40-31(54)39(11-14-46)32(55)41(33(40)56)13-17-64-24(49)6-9-37-28(51)36(8-5-23(48)62-4)29(52)38(30(37)53)10-7-25(50)65-18-15-47/h26-27,46-47H,5-22H2,1-4H3. The van der Waals surface area contributed by atoms with Gasteiger partial charge in [-0.15, -0.1) is 0 Å². The highest BCUT2D eigenvalue weighted by atomic mass is 16.5. The number of nitrogens with zero attached hydrogens (tertiary/aromatic N) is 10. The summed E-state index contributed by atoms with van der Waals surface area (Å²) in [6, 6.07) is -1.09. The molecule has 2 aromatic rings. The fourth-order valence-corrected chi connectivity index (χ4v) is 6.90. The number of carbonyl (C=O) groups excluding carboxylic acids is 5. The van der Waals surface area contributed by atoms with Gasteiger partial charge in [-0.1, -0.05) is 0 Å². The van der Waals surface area contributed by atoms with E-state index >= 15 is 0 Å². The quantitative estimate of drug-likeness (QED) is 0.0478. The Morgan fingerprint density at radius 2 is 0.769 bits per heavy atom. The molecule has 4 rings (SSSR count). The fraction of sp³-hybridized carbons (Fsp3) is 0.686. The second kappa shape index (κ2) is 24.0. The van der Waals surface area contributed by atoms with Crippen LogP contribution in [0.25, 0.3) is 0 Å². The van der Waals surface area contributed by atoms with Gasteiger partial charge in [0, 0.05) is 41.0 Å². The summed E-state index contributed by atoms with van der Waals surface area (Å²) in [5, 5.41) is 18.5. The molecule has 2 aliphatic heterocycles. The summed E-state index contributed by atoms with van der Waals surface area (Å²) >= 11 is 0. The Balaban J connectivity index is 1.47. The van der Waals surface area contributed by atoms with Crippen molar-refractivity contribution in [2.45, 2.75) is 70.9 Å². The van der Waals surface area contributed by atoms with E-state index in [1.54, 1.807) is 0 Å². The number of esters is 3. The lowest BCUT2D eigenvalue weighted by atomic mass is 10.3. The molecule has 2 aromatic heterocycles. The number of aliphatic hydroxyl groups excluding tert-OH is 2. The lowest BCUT2D eigenvalue weighted by Crippen LogP contribution is -2.55. The number of urea groups is 2. The molecule has 2 atom stereocenters. The molecule has 0 saturated carbocycles. The van der Waals surface area contributed by atoms with Crippen LogP contribution in [0.2, 0.25) is 0 Å². The van der Waals surface area contributed by atoms with Crippen molar-refractivity contribution in [2.75, 3.05) is 88.4 Å². The van der Waals surface area contributed by atoms with E-state index in [-0.39, 0.29) is 26.8 Å². The Bertz CT molecular complexity index is 2400. The summed E-state index contributed by atoms with van der Waals surface area (Å²) < 4.78 is 39.1. The minimum Gasteiger partial charge on any atom is -0.469 e. The highest BCUT2D eigenvalue weighted by molar-refractivity contribution is 5.85. The largest absolute Gasteiger partial charge is 0.469 e. The van der Waals surface area contributed by atoms with Gasteiger partial charge in [0.1, 0.15) is 40.1 Å². The molecule has 0 spiro atoms. The van der Waals surface area contributed by atoms with Gasteiger partial charge >= 0.3 is 64.1 Å². The molecule has 2 aliphatic rings. The molecule has 0 aliphatic carbocycles. The third-order valence-electron chi connectivity index (χ3n) is 9.89. The first-order valence-electron chi connectivity index (χ1n) is 19.8. The molecule has 362 valence electrons. The number of aliphatic hydroxyl groups is 2. The van der Waals surface area contributed by atoms with Crippen LogP contribution >= 0.6 is 0 Å². The first-order chi connectivity index (χ1) is 31.1. The van der Waals surface area contributed by atoms with Crippen molar-refractivity contribution in [3.8, 4) is 0 Å². The molecule has 4 heterocycles. The first kappa shape index (κ1) is 51.2. The number of carbonyl (C=O) groups is 5. The average Bonchev–Trinajstić information content (AvgIpc) is 3.69. The molecular weight excluding hydrogens is 880 g/mol. The van der Waals surface area contributed by atoms with Crippen molar-refractivity contribution in [1.82, 2.24) is 47.0 Å². The van der Waals surface area contributed by atoms with Crippen molar-refractivity contribution in [1.29, 1.82) is 0 Å². The maximum atomic E-state index is 13.5. The van der Waals surface area contributed by atoms with E-state index in [0.717, 1.165) is 7.11 Å². The molecule has 2 N–H and O–H groups in total. The molecule has 2 fully saturated rings. The number of methoxy groups -OCH3 is 4.